The van der Waals surface area contributed by atoms with Crippen molar-refractivity contribution in [3.63, 3.8) is 0 Å². The summed E-state index contributed by atoms with van der Waals surface area (Å²) in [5.74, 6) is 0.723. The van der Waals surface area contributed by atoms with Gasteiger partial charge in [0.1, 0.15) is 0 Å². The van der Waals surface area contributed by atoms with Crippen LogP contribution in [0, 0.1) is 6.92 Å². The van der Waals surface area contributed by atoms with Crippen LogP contribution >= 0.6 is 0 Å². The highest BCUT2D eigenvalue weighted by molar-refractivity contribution is 5.31. The predicted molar refractivity (Wildman–Crippen MR) is 75.8 cm³/mol. The van der Waals surface area contributed by atoms with Gasteiger partial charge in [-0.05, 0) is 48.9 Å². The van der Waals surface area contributed by atoms with Crippen molar-refractivity contribution in [3.05, 3.63) is 59.4 Å². The Morgan fingerprint density at radius 3 is 2.74 bits per heavy atom. The van der Waals surface area contributed by atoms with Crippen LogP contribution < -0.4 is 5.32 Å². The molecule has 1 heterocycles. The van der Waals surface area contributed by atoms with Crippen LogP contribution in [0.25, 0.3) is 0 Å². The fourth-order valence-electron chi connectivity index (χ4n) is 2.76. The third-order valence-electron chi connectivity index (χ3n) is 3.97. The number of aryl methyl sites for hydroxylation is 1. The average Bonchev–Trinajstić information content (AvgIpc) is 2.40. The number of benzene rings is 1. The number of hydrogen-bond donors (Lipinski definition) is 1. The monoisotopic (exact) mass is 253 g/mol. The lowest BCUT2D eigenvalue weighted by Gasteiger charge is -2.37. The first-order chi connectivity index (χ1) is 9.33. The number of rotatable bonds is 4. The molecular formula is C16H19N3. The Morgan fingerprint density at radius 2 is 2.00 bits per heavy atom. The van der Waals surface area contributed by atoms with Crippen LogP contribution in [0.15, 0.2) is 42.6 Å². The van der Waals surface area contributed by atoms with Crippen LogP contribution in [0.4, 0.5) is 0 Å². The van der Waals surface area contributed by atoms with Crippen LogP contribution in [0.5, 0.6) is 0 Å². The van der Waals surface area contributed by atoms with Crippen LogP contribution in [0.1, 0.15) is 35.6 Å². The quantitative estimate of drug-likeness (QED) is 0.910. The topological polar surface area (TPSA) is 37.8 Å². The lowest BCUT2D eigenvalue weighted by atomic mass is 9.74. The molecular weight excluding hydrogens is 234 g/mol. The third kappa shape index (κ3) is 2.82. The Bertz CT molecular complexity index is 533. The van der Waals surface area contributed by atoms with Crippen molar-refractivity contribution < 1.29 is 0 Å². The Hall–Kier alpha value is -1.74. The van der Waals surface area contributed by atoms with E-state index < -0.39 is 0 Å². The molecule has 19 heavy (non-hydrogen) atoms. The van der Waals surface area contributed by atoms with Gasteiger partial charge in [-0.3, -0.25) is 0 Å². The summed E-state index contributed by atoms with van der Waals surface area (Å²) < 4.78 is 0. The van der Waals surface area contributed by atoms with E-state index in [1.54, 1.807) is 6.20 Å². The highest BCUT2D eigenvalue weighted by Crippen LogP contribution is 2.38. The summed E-state index contributed by atoms with van der Waals surface area (Å²) in [7, 11) is 0. The van der Waals surface area contributed by atoms with Gasteiger partial charge in [-0.1, -0.05) is 24.3 Å². The van der Waals surface area contributed by atoms with Crippen molar-refractivity contribution in [1.29, 1.82) is 0 Å². The lowest BCUT2D eigenvalue weighted by molar-refractivity contribution is 0.287. The Balaban J connectivity index is 1.50. The molecule has 3 nitrogen and oxygen atoms in total. The van der Waals surface area contributed by atoms with Gasteiger partial charge in [0.2, 0.25) is 0 Å². The maximum absolute atomic E-state index is 4.09. The fraction of sp³-hybridized carbons (Fsp3) is 0.375. The summed E-state index contributed by atoms with van der Waals surface area (Å²) in [5.41, 5.74) is 3.95. The molecule has 1 aliphatic rings. The van der Waals surface area contributed by atoms with E-state index >= 15 is 0 Å². The molecule has 0 bridgehead atoms. The molecule has 1 aromatic heterocycles. The minimum Gasteiger partial charge on any atom is -0.308 e. The fourth-order valence-corrected chi connectivity index (χ4v) is 2.76. The maximum atomic E-state index is 4.09. The van der Waals surface area contributed by atoms with Crippen molar-refractivity contribution in [2.75, 3.05) is 0 Å². The molecule has 3 rings (SSSR count). The molecule has 0 radical (unpaired) electrons. The van der Waals surface area contributed by atoms with Gasteiger partial charge in [-0.25, -0.2) is 0 Å². The summed E-state index contributed by atoms with van der Waals surface area (Å²) in [4.78, 5) is 0. The minimum absolute atomic E-state index is 0.617. The molecule has 0 spiro atoms. The molecule has 1 N–H and O–H groups in total. The molecule has 1 aliphatic carbocycles. The zero-order valence-electron chi connectivity index (χ0n) is 11.2. The first-order valence-corrected chi connectivity index (χ1v) is 6.88. The van der Waals surface area contributed by atoms with Gasteiger partial charge in [0.15, 0.2) is 0 Å². The van der Waals surface area contributed by atoms with Crippen LogP contribution in [-0.2, 0) is 6.54 Å². The molecule has 0 aliphatic heterocycles. The average molecular weight is 253 g/mol. The van der Waals surface area contributed by atoms with E-state index in [0.29, 0.717) is 6.04 Å². The zero-order valence-corrected chi connectivity index (χ0v) is 11.2. The van der Waals surface area contributed by atoms with E-state index in [-0.39, 0.29) is 0 Å². The second-order valence-corrected chi connectivity index (χ2v) is 5.32. The molecule has 0 amide bonds. The summed E-state index contributed by atoms with van der Waals surface area (Å²) in [5, 5.41) is 11.5. The SMILES string of the molecule is Cc1ccccc1C1CC(NCc2cccnn2)C1. The van der Waals surface area contributed by atoms with Gasteiger partial charge < -0.3 is 5.32 Å². The van der Waals surface area contributed by atoms with E-state index in [1.807, 2.05) is 12.1 Å². The number of hydrogen-bond acceptors (Lipinski definition) is 3. The number of nitrogens with zero attached hydrogens (tertiary/aromatic N) is 2. The first kappa shape index (κ1) is 12.3. The van der Waals surface area contributed by atoms with E-state index in [4.69, 9.17) is 0 Å². The molecule has 0 atom stereocenters. The van der Waals surface area contributed by atoms with Gasteiger partial charge in [0.05, 0.1) is 5.69 Å². The molecule has 2 aromatic rings. The summed E-state index contributed by atoms with van der Waals surface area (Å²) >= 11 is 0. The summed E-state index contributed by atoms with van der Waals surface area (Å²) in [6.07, 6.45) is 4.16. The predicted octanol–water partition coefficient (Wildman–Crippen LogP) is 2.82. The standard InChI is InChI=1S/C16H19N3/c1-12-5-2-3-7-16(12)13-9-15(10-13)17-11-14-6-4-8-18-19-14/h2-8,13,15,17H,9-11H2,1H3. The van der Waals surface area contributed by atoms with Gasteiger partial charge in [0, 0.05) is 18.8 Å². The lowest BCUT2D eigenvalue weighted by Crippen LogP contribution is -2.40. The molecule has 1 saturated carbocycles. The zero-order chi connectivity index (χ0) is 13.1. The van der Waals surface area contributed by atoms with Gasteiger partial charge in [-0.2, -0.15) is 10.2 Å². The first-order valence-electron chi connectivity index (χ1n) is 6.88. The highest BCUT2D eigenvalue weighted by Gasteiger charge is 2.30. The molecule has 3 heteroatoms. The van der Waals surface area contributed by atoms with Gasteiger partial charge in [-0.15, -0.1) is 0 Å². The van der Waals surface area contributed by atoms with Crippen molar-refractivity contribution in [2.45, 2.75) is 38.3 Å². The summed E-state index contributed by atoms with van der Waals surface area (Å²) in [6, 6.07) is 13.3. The molecule has 98 valence electrons. The third-order valence-corrected chi connectivity index (χ3v) is 3.97. The Kier molecular flexibility index (Phi) is 3.56. The van der Waals surface area contributed by atoms with Crippen LogP contribution in [0.3, 0.4) is 0 Å². The second-order valence-electron chi connectivity index (χ2n) is 5.32. The van der Waals surface area contributed by atoms with Crippen molar-refractivity contribution >= 4 is 0 Å². The number of nitrogens with one attached hydrogen (secondary N) is 1. The largest absolute Gasteiger partial charge is 0.308 e. The number of aromatic nitrogens is 2. The smallest absolute Gasteiger partial charge is 0.0769 e. The molecule has 0 saturated heterocycles. The van der Waals surface area contributed by atoms with Crippen molar-refractivity contribution in [1.82, 2.24) is 15.5 Å². The second kappa shape index (κ2) is 5.49. The van der Waals surface area contributed by atoms with E-state index in [2.05, 4.69) is 46.7 Å². The van der Waals surface area contributed by atoms with E-state index in [9.17, 15) is 0 Å². The highest BCUT2D eigenvalue weighted by atomic mass is 15.1. The minimum atomic E-state index is 0.617. The Labute approximate surface area is 114 Å². The van der Waals surface area contributed by atoms with Crippen LogP contribution in [-0.4, -0.2) is 16.2 Å². The maximum Gasteiger partial charge on any atom is 0.0769 e. The normalized spacial score (nSPS) is 21.9. The van der Waals surface area contributed by atoms with Gasteiger partial charge in [0.25, 0.3) is 0 Å². The Morgan fingerprint density at radius 1 is 1.16 bits per heavy atom. The van der Waals surface area contributed by atoms with Gasteiger partial charge >= 0.3 is 0 Å². The van der Waals surface area contributed by atoms with Crippen molar-refractivity contribution in [3.8, 4) is 0 Å². The van der Waals surface area contributed by atoms with Crippen molar-refractivity contribution in [2.24, 2.45) is 0 Å². The summed E-state index contributed by atoms with van der Waals surface area (Å²) in [6.45, 7) is 3.02. The molecule has 1 fully saturated rings. The van der Waals surface area contributed by atoms with Crippen LogP contribution in [0.2, 0.25) is 0 Å². The molecule has 0 unspecified atom stereocenters. The molecule has 1 aromatic carbocycles. The van der Waals surface area contributed by atoms with E-state index in [0.717, 1.165) is 18.2 Å². The van der Waals surface area contributed by atoms with E-state index in [1.165, 1.54) is 24.0 Å².